The first-order chi connectivity index (χ1) is 8.04. The molecular formula is C17H26. The van der Waals surface area contributed by atoms with Gasteiger partial charge in [-0.25, -0.2) is 0 Å². The minimum Gasteiger partial charge on any atom is -0.0882 e. The SMILES string of the molecule is CCCC/C=C/Cc1ccc(C(C)(C)C)cc1. The van der Waals surface area contributed by atoms with Gasteiger partial charge in [0.15, 0.2) is 0 Å². The van der Waals surface area contributed by atoms with Crippen molar-refractivity contribution < 1.29 is 0 Å². The standard InChI is InChI=1S/C17H26/c1-5-6-7-8-9-10-15-11-13-16(14-12-15)17(2,3)4/h8-9,11-14H,5-7,10H2,1-4H3/b9-8+. The second kappa shape index (κ2) is 6.64. The number of unbranched alkanes of at least 4 members (excludes halogenated alkanes) is 2. The molecule has 1 aromatic carbocycles. The number of rotatable bonds is 5. The third-order valence-corrected chi connectivity index (χ3v) is 3.06. The van der Waals surface area contributed by atoms with E-state index in [0.717, 1.165) is 6.42 Å². The van der Waals surface area contributed by atoms with Crippen molar-refractivity contribution in [3.63, 3.8) is 0 Å². The van der Waals surface area contributed by atoms with Crippen molar-refractivity contribution in [2.45, 2.75) is 58.8 Å². The van der Waals surface area contributed by atoms with E-state index in [-0.39, 0.29) is 5.41 Å². The first-order valence-corrected chi connectivity index (χ1v) is 6.78. The fourth-order valence-electron chi connectivity index (χ4n) is 1.80. The van der Waals surface area contributed by atoms with Gasteiger partial charge in [-0.2, -0.15) is 0 Å². The van der Waals surface area contributed by atoms with Crippen molar-refractivity contribution in [2.24, 2.45) is 0 Å². The zero-order chi connectivity index (χ0) is 12.7. The first-order valence-electron chi connectivity index (χ1n) is 6.78. The van der Waals surface area contributed by atoms with Gasteiger partial charge in [0.1, 0.15) is 0 Å². The lowest BCUT2D eigenvalue weighted by atomic mass is 9.86. The highest BCUT2D eigenvalue weighted by Gasteiger charge is 2.12. The third-order valence-electron chi connectivity index (χ3n) is 3.06. The third kappa shape index (κ3) is 5.21. The minimum absolute atomic E-state index is 0.259. The predicted molar refractivity (Wildman–Crippen MR) is 77.5 cm³/mol. The van der Waals surface area contributed by atoms with Gasteiger partial charge in [-0.15, -0.1) is 0 Å². The lowest BCUT2D eigenvalue weighted by Crippen LogP contribution is -2.10. The molecule has 0 aromatic heterocycles. The van der Waals surface area contributed by atoms with Crippen molar-refractivity contribution in [3.8, 4) is 0 Å². The van der Waals surface area contributed by atoms with Gasteiger partial charge in [0.2, 0.25) is 0 Å². The van der Waals surface area contributed by atoms with Crippen LogP contribution in [0.4, 0.5) is 0 Å². The second-order valence-electron chi connectivity index (χ2n) is 5.76. The molecule has 0 heteroatoms. The summed E-state index contributed by atoms with van der Waals surface area (Å²) in [5.41, 5.74) is 3.08. The highest BCUT2D eigenvalue weighted by atomic mass is 14.2. The van der Waals surface area contributed by atoms with Crippen LogP contribution >= 0.6 is 0 Å². The molecule has 94 valence electrons. The molecule has 0 radical (unpaired) electrons. The molecule has 0 unspecified atom stereocenters. The van der Waals surface area contributed by atoms with Gasteiger partial charge in [-0.3, -0.25) is 0 Å². The number of hydrogen-bond acceptors (Lipinski definition) is 0. The summed E-state index contributed by atoms with van der Waals surface area (Å²) in [5.74, 6) is 0. The van der Waals surface area contributed by atoms with Crippen molar-refractivity contribution >= 4 is 0 Å². The molecule has 0 saturated carbocycles. The molecular weight excluding hydrogens is 204 g/mol. The molecule has 0 spiro atoms. The normalized spacial score (nSPS) is 12.2. The Morgan fingerprint density at radius 3 is 2.18 bits per heavy atom. The van der Waals surface area contributed by atoms with Crippen LogP contribution in [0, 0.1) is 0 Å². The van der Waals surface area contributed by atoms with E-state index in [1.165, 1.54) is 30.4 Å². The zero-order valence-electron chi connectivity index (χ0n) is 11.8. The Kier molecular flexibility index (Phi) is 5.47. The van der Waals surface area contributed by atoms with Gasteiger partial charge >= 0.3 is 0 Å². The van der Waals surface area contributed by atoms with Gasteiger partial charge < -0.3 is 0 Å². The average molecular weight is 230 g/mol. The Morgan fingerprint density at radius 1 is 1.00 bits per heavy atom. The molecule has 0 amide bonds. The van der Waals surface area contributed by atoms with Gasteiger partial charge in [0, 0.05) is 0 Å². The molecule has 0 saturated heterocycles. The lowest BCUT2D eigenvalue weighted by Gasteiger charge is -2.18. The zero-order valence-corrected chi connectivity index (χ0v) is 11.8. The van der Waals surface area contributed by atoms with Crippen LogP contribution < -0.4 is 0 Å². The summed E-state index contributed by atoms with van der Waals surface area (Å²) < 4.78 is 0. The van der Waals surface area contributed by atoms with Crippen LogP contribution in [0.5, 0.6) is 0 Å². The molecule has 1 aromatic rings. The highest BCUT2D eigenvalue weighted by Crippen LogP contribution is 2.22. The van der Waals surface area contributed by atoms with E-state index in [9.17, 15) is 0 Å². The van der Waals surface area contributed by atoms with Crippen LogP contribution in [0.3, 0.4) is 0 Å². The molecule has 0 heterocycles. The van der Waals surface area contributed by atoms with Crippen LogP contribution in [-0.2, 0) is 11.8 Å². The number of allylic oxidation sites excluding steroid dienone is 2. The quantitative estimate of drug-likeness (QED) is 0.477. The van der Waals surface area contributed by atoms with Crippen molar-refractivity contribution in [1.29, 1.82) is 0 Å². The van der Waals surface area contributed by atoms with Crippen LogP contribution in [0.2, 0.25) is 0 Å². The van der Waals surface area contributed by atoms with Crippen molar-refractivity contribution in [2.75, 3.05) is 0 Å². The molecule has 0 bridgehead atoms. The molecule has 0 aliphatic heterocycles. The largest absolute Gasteiger partial charge is 0.0882 e. The molecule has 0 atom stereocenters. The maximum Gasteiger partial charge on any atom is -0.00975 e. The van der Waals surface area contributed by atoms with E-state index in [0.29, 0.717) is 0 Å². The van der Waals surface area contributed by atoms with Gasteiger partial charge in [0.25, 0.3) is 0 Å². The van der Waals surface area contributed by atoms with Crippen LogP contribution in [0.15, 0.2) is 36.4 Å². The summed E-state index contributed by atoms with van der Waals surface area (Å²) in [7, 11) is 0. The Morgan fingerprint density at radius 2 is 1.65 bits per heavy atom. The monoisotopic (exact) mass is 230 g/mol. The predicted octanol–water partition coefficient (Wildman–Crippen LogP) is 5.27. The fourth-order valence-corrected chi connectivity index (χ4v) is 1.80. The summed E-state index contributed by atoms with van der Waals surface area (Å²) in [6, 6.07) is 9.03. The maximum atomic E-state index is 2.31. The molecule has 0 aliphatic carbocycles. The summed E-state index contributed by atoms with van der Waals surface area (Å²) in [6.45, 7) is 9.00. The molecule has 17 heavy (non-hydrogen) atoms. The molecule has 0 nitrogen and oxygen atoms in total. The minimum atomic E-state index is 0.259. The average Bonchev–Trinajstić information content (AvgIpc) is 2.28. The maximum absolute atomic E-state index is 2.31. The second-order valence-corrected chi connectivity index (χ2v) is 5.76. The molecule has 0 aliphatic rings. The Hall–Kier alpha value is -1.04. The van der Waals surface area contributed by atoms with E-state index < -0.39 is 0 Å². The van der Waals surface area contributed by atoms with Crippen LogP contribution in [-0.4, -0.2) is 0 Å². The van der Waals surface area contributed by atoms with E-state index >= 15 is 0 Å². The molecule has 0 fully saturated rings. The van der Waals surface area contributed by atoms with E-state index in [1.54, 1.807) is 0 Å². The van der Waals surface area contributed by atoms with Crippen LogP contribution in [0.25, 0.3) is 0 Å². The van der Waals surface area contributed by atoms with E-state index in [1.807, 2.05) is 0 Å². The number of benzene rings is 1. The molecule has 1 rings (SSSR count). The van der Waals surface area contributed by atoms with Gasteiger partial charge in [0.05, 0.1) is 0 Å². The van der Waals surface area contributed by atoms with E-state index in [4.69, 9.17) is 0 Å². The first kappa shape index (κ1) is 14.0. The summed E-state index contributed by atoms with van der Waals surface area (Å²) in [4.78, 5) is 0. The lowest BCUT2D eigenvalue weighted by molar-refractivity contribution is 0.590. The highest BCUT2D eigenvalue weighted by molar-refractivity contribution is 5.28. The number of hydrogen-bond donors (Lipinski definition) is 0. The smallest absolute Gasteiger partial charge is 0.00975 e. The van der Waals surface area contributed by atoms with Gasteiger partial charge in [-0.1, -0.05) is 77.0 Å². The topological polar surface area (TPSA) is 0 Å². The molecule has 0 N–H and O–H groups in total. The van der Waals surface area contributed by atoms with Crippen molar-refractivity contribution in [3.05, 3.63) is 47.5 Å². The van der Waals surface area contributed by atoms with E-state index in [2.05, 4.69) is 64.1 Å². The summed E-state index contributed by atoms with van der Waals surface area (Å²) >= 11 is 0. The Balaban J connectivity index is 2.49. The van der Waals surface area contributed by atoms with Crippen molar-refractivity contribution in [1.82, 2.24) is 0 Å². The Bertz CT molecular complexity index is 335. The fraction of sp³-hybridized carbons (Fsp3) is 0.529. The Labute approximate surface area is 107 Å². The summed E-state index contributed by atoms with van der Waals surface area (Å²) in [5, 5.41) is 0. The van der Waals surface area contributed by atoms with Gasteiger partial charge in [-0.05, 0) is 29.4 Å². The van der Waals surface area contributed by atoms with Crippen LogP contribution in [0.1, 0.15) is 58.1 Å². The summed E-state index contributed by atoms with van der Waals surface area (Å²) in [6.07, 6.45) is 9.47.